The number of benzene rings is 6. The Balaban J connectivity index is 1.35. The van der Waals surface area contributed by atoms with Gasteiger partial charge in [0.2, 0.25) is 0 Å². The number of pyridine rings is 2. The quantitative estimate of drug-likeness (QED) is 0.166. The monoisotopic (exact) mass is 790 g/mol. The molecule has 0 saturated heterocycles. The highest BCUT2D eigenvalue weighted by Crippen LogP contribution is 2.38. The lowest BCUT2D eigenvalue weighted by atomic mass is 9.87. The highest BCUT2D eigenvalue weighted by Gasteiger charge is 2.27. The molecule has 0 amide bonds. The third-order valence-electron chi connectivity index (χ3n) is 12.9. The predicted octanol–water partition coefficient (Wildman–Crippen LogP) is 9.32. The van der Waals surface area contributed by atoms with Gasteiger partial charge in [0.1, 0.15) is 0 Å². The van der Waals surface area contributed by atoms with Gasteiger partial charge in [-0.15, -0.1) is 0 Å². The van der Waals surface area contributed by atoms with Crippen molar-refractivity contribution in [3.8, 4) is 11.4 Å². The molecule has 0 N–H and O–H groups in total. The second-order valence-electron chi connectivity index (χ2n) is 17.6. The minimum Gasteiger partial charge on any atom is -0.289 e. The molecule has 2 aliphatic rings. The van der Waals surface area contributed by atoms with E-state index in [0.717, 1.165) is 22.3 Å². The molecule has 6 aromatic carbocycles. The summed E-state index contributed by atoms with van der Waals surface area (Å²) in [5.41, 5.74) is 1.87. The van der Waals surface area contributed by atoms with Crippen molar-refractivity contribution >= 4 is 64.6 Å². The molecule has 60 heavy (non-hydrogen) atoms. The number of nitrogens with zero attached hydrogens (tertiary/aromatic N) is 2. The molecule has 0 fully saturated rings. The molecule has 8 nitrogen and oxygen atoms in total. The SMILES string of the molecule is CC(C)c1cccc(C(C)C)c1-n1c(=O)c2ccc3c(=O)c4c5ccc6c(=O)n(-c7c(C(C)C)cccc7C(C)C)c(=O)c7ccc(c(=O)c=4c4ccc(c1=O)c2c34)c5c76. The standard InChI is InChI=1S/C52H42N2O6/c1-23(2)27-11-9-12-28(24(3)4)45(27)53-49(57)35-19-15-31-39-33(17-21-37(41(35)39)51(53)59)47(55)44-32-16-20-36-42-38(22-18-34(40(32)42)48(56)43(31)44)52(60)54(50(36)58)46-29(25(5)6)13-10-14-30(46)26(7)8/h9-26H,1-8H3. The molecular formula is C52H42N2O6. The van der Waals surface area contributed by atoms with Gasteiger partial charge < -0.3 is 0 Å². The van der Waals surface area contributed by atoms with Crippen molar-refractivity contribution in [1.82, 2.24) is 9.13 Å². The second-order valence-corrected chi connectivity index (χ2v) is 17.6. The number of rotatable bonds is 6. The van der Waals surface area contributed by atoms with Gasteiger partial charge in [-0.25, -0.2) is 9.13 Å². The Hall–Kier alpha value is -6.80. The summed E-state index contributed by atoms with van der Waals surface area (Å²) in [5, 5.41) is 4.38. The number of aromatic nitrogens is 2. The molecule has 2 heterocycles. The Morgan fingerprint density at radius 3 is 0.817 bits per heavy atom. The number of para-hydroxylation sites is 2. The fourth-order valence-corrected chi connectivity index (χ4v) is 10.1. The van der Waals surface area contributed by atoms with Gasteiger partial charge in [0.25, 0.3) is 22.2 Å². The predicted molar refractivity (Wildman–Crippen MR) is 244 cm³/mol. The summed E-state index contributed by atoms with van der Waals surface area (Å²) in [4.78, 5) is 88.5. The lowest BCUT2D eigenvalue weighted by Gasteiger charge is -2.22. The van der Waals surface area contributed by atoms with Crippen molar-refractivity contribution in [2.45, 2.75) is 79.1 Å². The van der Waals surface area contributed by atoms with Gasteiger partial charge in [-0.3, -0.25) is 28.8 Å². The highest BCUT2D eigenvalue weighted by molar-refractivity contribution is 6.26. The molecule has 0 bridgehead atoms. The second kappa shape index (κ2) is 12.8. The number of hydrogen-bond acceptors (Lipinski definition) is 6. The molecule has 0 atom stereocenters. The smallest absolute Gasteiger partial charge is 0.266 e. The van der Waals surface area contributed by atoms with E-state index < -0.39 is 33.1 Å². The fraction of sp³-hybridized carbons (Fsp3) is 0.231. The average molecular weight is 791 g/mol. The summed E-state index contributed by atoms with van der Waals surface area (Å²) in [7, 11) is 0. The minimum absolute atomic E-state index is 0.0272. The topological polar surface area (TPSA) is 112 Å². The van der Waals surface area contributed by atoms with Crippen molar-refractivity contribution in [3.05, 3.63) is 179 Å². The van der Waals surface area contributed by atoms with E-state index in [9.17, 15) is 28.8 Å². The van der Waals surface area contributed by atoms with Crippen molar-refractivity contribution in [2.24, 2.45) is 0 Å². The van der Waals surface area contributed by atoms with Crippen molar-refractivity contribution in [2.75, 3.05) is 0 Å². The van der Waals surface area contributed by atoms with E-state index in [1.165, 1.54) is 9.13 Å². The molecule has 0 spiro atoms. The van der Waals surface area contributed by atoms with E-state index in [1.54, 1.807) is 48.5 Å². The van der Waals surface area contributed by atoms with Crippen LogP contribution in [0.15, 0.2) is 114 Å². The van der Waals surface area contributed by atoms with Crippen LogP contribution in [0.25, 0.3) is 76.0 Å². The van der Waals surface area contributed by atoms with Crippen molar-refractivity contribution in [3.63, 3.8) is 0 Å². The molecule has 0 unspecified atom stereocenters. The van der Waals surface area contributed by atoms with Crippen LogP contribution >= 0.6 is 0 Å². The lowest BCUT2D eigenvalue weighted by molar-refractivity contribution is 0.792. The molecule has 10 rings (SSSR count). The maximum Gasteiger partial charge on any atom is 0.266 e. The van der Waals surface area contributed by atoms with Crippen LogP contribution in [0.1, 0.15) is 101 Å². The van der Waals surface area contributed by atoms with Gasteiger partial charge in [0, 0.05) is 64.3 Å². The summed E-state index contributed by atoms with van der Waals surface area (Å²) in [6.07, 6.45) is 0. The van der Waals surface area contributed by atoms with Crippen LogP contribution in [-0.2, 0) is 0 Å². The third-order valence-corrected chi connectivity index (χ3v) is 12.9. The number of hydrogen-bond donors (Lipinski definition) is 0. The summed E-state index contributed by atoms with van der Waals surface area (Å²) in [6.45, 7) is 16.3. The van der Waals surface area contributed by atoms with Gasteiger partial charge in [-0.05, 0) is 93.1 Å². The molecule has 8 aromatic rings. The van der Waals surface area contributed by atoms with Crippen LogP contribution < -0.4 is 33.1 Å². The van der Waals surface area contributed by atoms with Crippen molar-refractivity contribution < 1.29 is 0 Å². The first kappa shape index (κ1) is 37.5. The maximum absolute atomic E-state index is 14.9. The zero-order valence-electron chi connectivity index (χ0n) is 34.7. The first-order valence-electron chi connectivity index (χ1n) is 20.7. The van der Waals surface area contributed by atoms with E-state index in [0.29, 0.717) is 43.7 Å². The van der Waals surface area contributed by atoms with E-state index in [4.69, 9.17) is 0 Å². The maximum atomic E-state index is 14.9. The van der Waals surface area contributed by atoms with Crippen LogP contribution in [0.4, 0.5) is 0 Å². The van der Waals surface area contributed by atoms with E-state index in [2.05, 4.69) is 0 Å². The molecular weight excluding hydrogens is 749 g/mol. The largest absolute Gasteiger partial charge is 0.289 e. The number of fused-ring (bicyclic) bond motifs is 2. The average Bonchev–Trinajstić information content (AvgIpc) is 3.22. The van der Waals surface area contributed by atoms with Gasteiger partial charge in [-0.2, -0.15) is 0 Å². The normalized spacial score (nSPS) is 12.7. The Morgan fingerprint density at radius 1 is 0.317 bits per heavy atom. The Labute approximate surface area is 342 Å². The molecule has 0 saturated carbocycles. The van der Waals surface area contributed by atoms with Crippen LogP contribution in [0.2, 0.25) is 0 Å². The Kier molecular flexibility index (Phi) is 8.02. The molecule has 0 aliphatic heterocycles. The molecule has 8 heteroatoms. The fourth-order valence-electron chi connectivity index (χ4n) is 10.1. The Morgan fingerprint density at radius 2 is 0.550 bits per heavy atom. The van der Waals surface area contributed by atoms with Crippen LogP contribution in [0, 0.1) is 10.4 Å². The van der Waals surface area contributed by atoms with Crippen molar-refractivity contribution in [1.29, 1.82) is 0 Å². The minimum atomic E-state index is -0.488. The van der Waals surface area contributed by atoms with Crippen LogP contribution in [0.3, 0.4) is 0 Å². The molecule has 296 valence electrons. The molecule has 0 radical (unpaired) electrons. The van der Waals surface area contributed by atoms with Gasteiger partial charge in [0.05, 0.1) is 11.4 Å². The van der Waals surface area contributed by atoms with Crippen LogP contribution in [0.5, 0.6) is 0 Å². The molecule has 2 aliphatic carbocycles. The first-order valence-corrected chi connectivity index (χ1v) is 20.7. The lowest BCUT2D eigenvalue weighted by Crippen LogP contribution is -2.34. The zero-order valence-corrected chi connectivity index (χ0v) is 34.7. The molecule has 2 aromatic heterocycles. The first-order chi connectivity index (χ1) is 28.6. The van der Waals surface area contributed by atoms with Gasteiger partial charge in [0.15, 0.2) is 10.9 Å². The van der Waals surface area contributed by atoms with E-state index >= 15 is 0 Å². The van der Waals surface area contributed by atoms with E-state index in [-0.39, 0.29) is 66.4 Å². The van der Waals surface area contributed by atoms with Gasteiger partial charge in [-0.1, -0.05) is 104 Å². The van der Waals surface area contributed by atoms with E-state index in [1.807, 2.05) is 91.8 Å². The van der Waals surface area contributed by atoms with Gasteiger partial charge >= 0.3 is 0 Å². The Bertz CT molecular complexity index is 3540. The highest BCUT2D eigenvalue weighted by atomic mass is 16.2. The van der Waals surface area contributed by atoms with Crippen LogP contribution in [-0.4, -0.2) is 9.13 Å². The third kappa shape index (κ3) is 4.73. The summed E-state index contributed by atoms with van der Waals surface area (Å²) in [5.74, 6) is 0.109. The summed E-state index contributed by atoms with van der Waals surface area (Å²) in [6, 6.07) is 24.9. The zero-order chi connectivity index (χ0) is 42.4. The summed E-state index contributed by atoms with van der Waals surface area (Å²) < 4.78 is 2.58. The summed E-state index contributed by atoms with van der Waals surface area (Å²) >= 11 is 0.